The minimum absolute atomic E-state index is 0.0456. The van der Waals surface area contributed by atoms with Crippen molar-refractivity contribution in [1.29, 1.82) is 0 Å². The quantitative estimate of drug-likeness (QED) is 0.466. The van der Waals surface area contributed by atoms with Gasteiger partial charge in [-0.2, -0.15) is 8.78 Å². The third-order valence-electron chi connectivity index (χ3n) is 5.01. The van der Waals surface area contributed by atoms with Gasteiger partial charge in [-0.1, -0.05) is 4.47 Å². The number of anilines is 2. The van der Waals surface area contributed by atoms with E-state index in [0.29, 0.717) is 4.47 Å². The SMILES string of the molecule is O=C(NCC1CN(c2cc(F)c(N3CCON(S(=O)(=O)CCO)CC3)c(F)c2)C(=O)O1)C(F)F. The summed E-state index contributed by atoms with van der Waals surface area (Å²) in [6, 6.07) is 1.76. The lowest BCUT2D eigenvalue weighted by atomic mass is 10.2. The van der Waals surface area contributed by atoms with E-state index in [-0.39, 0.29) is 38.5 Å². The largest absolute Gasteiger partial charge is 0.442 e. The van der Waals surface area contributed by atoms with E-state index < -0.39 is 70.8 Å². The van der Waals surface area contributed by atoms with Gasteiger partial charge in [0.2, 0.25) is 10.0 Å². The second-order valence-electron chi connectivity index (χ2n) is 7.31. The number of halogens is 4. The van der Waals surface area contributed by atoms with Crippen LogP contribution in [0.4, 0.5) is 33.7 Å². The third-order valence-corrected chi connectivity index (χ3v) is 6.62. The van der Waals surface area contributed by atoms with Gasteiger partial charge in [0.15, 0.2) is 11.6 Å². The molecule has 2 heterocycles. The van der Waals surface area contributed by atoms with Crippen molar-refractivity contribution in [2.45, 2.75) is 12.5 Å². The minimum atomic E-state index is -3.91. The Morgan fingerprint density at radius 2 is 1.88 bits per heavy atom. The summed E-state index contributed by atoms with van der Waals surface area (Å²) < 4.78 is 84.0. The Morgan fingerprint density at radius 1 is 1.21 bits per heavy atom. The van der Waals surface area contributed by atoms with E-state index in [1.54, 1.807) is 0 Å². The van der Waals surface area contributed by atoms with Gasteiger partial charge in [-0.25, -0.2) is 22.0 Å². The lowest BCUT2D eigenvalue weighted by Crippen LogP contribution is -2.37. The highest BCUT2D eigenvalue weighted by molar-refractivity contribution is 7.88. The second-order valence-corrected chi connectivity index (χ2v) is 9.29. The lowest BCUT2D eigenvalue weighted by molar-refractivity contribution is -0.132. The fourth-order valence-electron chi connectivity index (χ4n) is 3.43. The van der Waals surface area contributed by atoms with Gasteiger partial charge >= 0.3 is 12.5 Å². The third kappa shape index (κ3) is 5.86. The van der Waals surface area contributed by atoms with Gasteiger partial charge in [-0.05, 0) is 0 Å². The van der Waals surface area contributed by atoms with E-state index in [0.717, 1.165) is 17.0 Å². The standard InChI is InChI=1S/C18H22F4N4O7S/c19-13-7-11(25-10-12(33-18(25)29)9-23-17(28)16(21)22)8-14(20)15(13)24-1-2-26(32-5-3-24)34(30,31)6-4-27/h7-8,12,16,27H,1-6,9-10H2,(H,23,28). The number of cyclic esters (lactones) is 1. The number of nitrogens with one attached hydrogen (secondary N) is 1. The molecule has 2 aliphatic rings. The van der Waals surface area contributed by atoms with E-state index in [4.69, 9.17) is 14.7 Å². The Labute approximate surface area is 191 Å². The molecule has 3 rings (SSSR count). The Bertz CT molecular complexity index is 1010. The number of rotatable bonds is 8. The maximum atomic E-state index is 14.9. The molecule has 34 heavy (non-hydrogen) atoms. The first-order valence-corrected chi connectivity index (χ1v) is 11.7. The van der Waals surface area contributed by atoms with Gasteiger partial charge < -0.3 is 20.1 Å². The van der Waals surface area contributed by atoms with E-state index in [2.05, 4.69) is 0 Å². The van der Waals surface area contributed by atoms with Crippen LogP contribution >= 0.6 is 0 Å². The molecule has 1 unspecified atom stereocenters. The average Bonchev–Trinajstić information content (AvgIpc) is 2.95. The number of aliphatic hydroxyl groups is 1. The molecule has 2 amide bonds. The van der Waals surface area contributed by atoms with Crippen LogP contribution in [0.5, 0.6) is 0 Å². The van der Waals surface area contributed by atoms with Crippen LogP contribution in [0.1, 0.15) is 0 Å². The van der Waals surface area contributed by atoms with Crippen molar-refractivity contribution in [3.05, 3.63) is 23.8 Å². The van der Waals surface area contributed by atoms with Crippen LogP contribution < -0.4 is 15.1 Å². The average molecular weight is 514 g/mol. The van der Waals surface area contributed by atoms with Crippen LogP contribution in [0.3, 0.4) is 0 Å². The molecule has 2 fully saturated rings. The number of ether oxygens (including phenoxy) is 1. The van der Waals surface area contributed by atoms with Crippen molar-refractivity contribution >= 4 is 33.4 Å². The molecule has 16 heteroatoms. The molecule has 1 aromatic rings. The fourth-order valence-corrected chi connectivity index (χ4v) is 4.46. The van der Waals surface area contributed by atoms with Crippen molar-refractivity contribution in [3.8, 4) is 0 Å². The van der Waals surface area contributed by atoms with Crippen molar-refractivity contribution in [1.82, 2.24) is 9.79 Å². The van der Waals surface area contributed by atoms with Crippen LogP contribution in [-0.4, -0.2) is 94.2 Å². The van der Waals surface area contributed by atoms with Crippen molar-refractivity contribution in [2.24, 2.45) is 0 Å². The summed E-state index contributed by atoms with van der Waals surface area (Å²) in [4.78, 5) is 30.3. The van der Waals surface area contributed by atoms with Gasteiger partial charge in [0.05, 0.1) is 44.3 Å². The first-order chi connectivity index (χ1) is 16.0. The van der Waals surface area contributed by atoms with Crippen LogP contribution in [0, 0.1) is 11.6 Å². The van der Waals surface area contributed by atoms with Crippen molar-refractivity contribution in [3.63, 3.8) is 0 Å². The molecule has 0 bridgehead atoms. The molecule has 1 aromatic carbocycles. The zero-order valence-electron chi connectivity index (χ0n) is 17.6. The molecule has 2 saturated heterocycles. The van der Waals surface area contributed by atoms with Crippen molar-refractivity contribution in [2.75, 3.05) is 61.5 Å². The first kappa shape index (κ1) is 25.9. The molecule has 2 aliphatic heterocycles. The number of benzene rings is 1. The number of carbonyl (C=O) groups is 2. The molecule has 0 aliphatic carbocycles. The van der Waals surface area contributed by atoms with Gasteiger partial charge in [-0.3, -0.25) is 14.5 Å². The number of hydroxylamine groups is 1. The summed E-state index contributed by atoms with van der Waals surface area (Å²) in [5.74, 6) is -4.18. The number of hydrogen-bond donors (Lipinski definition) is 2. The van der Waals surface area contributed by atoms with Crippen LogP contribution in [-0.2, 0) is 24.4 Å². The summed E-state index contributed by atoms with van der Waals surface area (Å²) in [6.45, 7) is -1.86. The molecule has 2 N–H and O–H groups in total. The molecular weight excluding hydrogens is 492 g/mol. The molecule has 0 spiro atoms. The molecule has 0 radical (unpaired) electrons. The van der Waals surface area contributed by atoms with Gasteiger partial charge in [-0.15, -0.1) is 0 Å². The Morgan fingerprint density at radius 3 is 2.50 bits per heavy atom. The highest BCUT2D eigenvalue weighted by Crippen LogP contribution is 2.31. The highest BCUT2D eigenvalue weighted by atomic mass is 32.2. The van der Waals surface area contributed by atoms with Crippen LogP contribution in [0.2, 0.25) is 0 Å². The molecular formula is C18H22F4N4O7S. The van der Waals surface area contributed by atoms with E-state index in [9.17, 15) is 35.6 Å². The molecule has 190 valence electrons. The second kappa shape index (κ2) is 10.7. The number of alkyl halides is 2. The Kier molecular flexibility index (Phi) is 8.17. The zero-order valence-corrected chi connectivity index (χ0v) is 18.4. The summed E-state index contributed by atoms with van der Waals surface area (Å²) in [5, 5.41) is 10.8. The molecule has 1 atom stereocenters. The monoisotopic (exact) mass is 514 g/mol. The van der Waals surface area contributed by atoms with Gasteiger partial charge in [0, 0.05) is 25.2 Å². The number of nitrogens with zero attached hydrogens (tertiary/aromatic N) is 3. The summed E-state index contributed by atoms with van der Waals surface area (Å²) in [5.41, 5.74) is -0.647. The zero-order chi connectivity index (χ0) is 25.0. The number of hydrogen-bond acceptors (Lipinski definition) is 8. The van der Waals surface area contributed by atoms with E-state index >= 15 is 0 Å². The number of aliphatic hydroxyl groups excluding tert-OH is 1. The van der Waals surface area contributed by atoms with E-state index in [1.165, 1.54) is 4.90 Å². The normalized spacial score (nSPS) is 19.9. The van der Waals surface area contributed by atoms with Crippen molar-refractivity contribution < 1.29 is 50.2 Å². The fraction of sp³-hybridized carbons (Fsp3) is 0.556. The van der Waals surface area contributed by atoms with E-state index in [1.807, 2.05) is 5.32 Å². The van der Waals surface area contributed by atoms with Crippen LogP contribution in [0.25, 0.3) is 0 Å². The summed E-state index contributed by atoms with van der Waals surface area (Å²) in [6.07, 6.45) is -5.22. The van der Waals surface area contributed by atoms with Gasteiger partial charge in [0.1, 0.15) is 11.8 Å². The number of amides is 2. The highest BCUT2D eigenvalue weighted by Gasteiger charge is 2.35. The van der Waals surface area contributed by atoms with Gasteiger partial charge in [0.25, 0.3) is 5.91 Å². The predicted octanol–water partition coefficient (Wildman–Crippen LogP) is 0.0470. The number of carbonyl (C=O) groups excluding carboxylic acids is 2. The van der Waals surface area contributed by atoms with Crippen LogP contribution in [0.15, 0.2) is 12.1 Å². The maximum absolute atomic E-state index is 14.9. The minimum Gasteiger partial charge on any atom is -0.442 e. The summed E-state index contributed by atoms with van der Waals surface area (Å²) in [7, 11) is -3.91. The Hall–Kier alpha value is -2.69. The smallest absolute Gasteiger partial charge is 0.414 e. The molecule has 11 nitrogen and oxygen atoms in total. The molecule has 0 saturated carbocycles. The topological polar surface area (TPSA) is 129 Å². The Balaban J connectivity index is 1.70. The number of sulfonamides is 1. The predicted molar refractivity (Wildman–Crippen MR) is 109 cm³/mol. The maximum Gasteiger partial charge on any atom is 0.414 e. The molecule has 0 aromatic heterocycles. The first-order valence-electron chi connectivity index (χ1n) is 10.1. The lowest BCUT2D eigenvalue weighted by Gasteiger charge is -2.24. The summed E-state index contributed by atoms with van der Waals surface area (Å²) >= 11 is 0.